The first-order valence-electron chi connectivity index (χ1n) is 7.14. The van der Waals surface area contributed by atoms with E-state index < -0.39 is 0 Å². The second-order valence-electron chi connectivity index (χ2n) is 5.13. The summed E-state index contributed by atoms with van der Waals surface area (Å²) in [6.45, 7) is 6.50. The maximum atomic E-state index is 12.4. The van der Waals surface area contributed by atoms with Crippen LogP contribution in [0, 0.1) is 6.92 Å². The van der Waals surface area contributed by atoms with Crippen LogP contribution in [0.1, 0.15) is 15.9 Å². The van der Waals surface area contributed by atoms with Crippen LogP contribution in [0.15, 0.2) is 64.6 Å². The Morgan fingerprint density at radius 1 is 1.30 bits per heavy atom. The normalized spacial score (nSPS) is 11.8. The van der Waals surface area contributed by atoms with Gasteiger partial charge in [0.25, 0.3) is 5.91 Å². The molecule has 0 aliphatic rings. The molecule has 3 rings (SSSR count). The summed E-state index contributed by atoms with van der Waals surface area (Å²) in [5.41, 5.74) is 2.85. The summed E-state index contributed by atoms with van der Waals surface area (Å²) >= 11 is 4.89. The number of aryl methyl sites for hydroxylation is 1. The zero-order valence-corrected chi connectivity index (χ0v) is 15.0. The van der Waals surface area contributed by atoms with Crippen molar-refractivity contribution in [2.45, 2.75) is 13.5 Å². The number of carbonyl (C=O) groups is 1. The second kappa shape index (κ2) is 6.64. The van der Waals surface area contributed by atoms with Crippen LogP contribution in [0.2, 0.25) is 0 Å². The molecule has 3 nitrogen and oxygen atoms in total. The highest BCUT2D eigenvalue weighted by molar-refractivity contribution is 9.10. The maximum absolute atomic E-state index is 12.4. The van der Waals surface area contributed by atoms with Gasteiger partial charge in [0, 0.05) is 16.6 Å². The van der Waals surface area contributed by atoms with Gasteiger partial charge in [-0.25, -0.2) is 0 Å². The largest absolute Gasteiger partial charge is 0.312 e. The van der Waals surface area contributed by atoms with Crippen molar-refractivity contribution < 1.29 is 4.79 Å². The molecule has 116 valence electrons. The molecule has 1 aromatic heterocycles. The lowest BCUT2D eigenvalue weighted by Crippen LogP contribution is -2.16. The molecular weight excluding hydrogens is 372 g/mol. The van der Waals surface area contributed by atoms with Gasteiger partial charge < -0.3 is 4.57 Å². The number of halogens is 1. The summed E-state index contributed by atoms with van der Waals surface area (Å²) in [4.78, 5) is 17.5. The fourth-order valence-corrected chi connectivity index (χ4v) is 3.81. The number of rotatable bonds is 3. The molecule has 0 bridgehead atoms. The number of hydrogen-bond donors (Lipinski definition) is 0. The van der Waals surface area contributed by atoms with E-state index in [4.69, 9.17) is 0 Å². The van der Waals surface area contributed by atoms with Crippen molar-refractivity contribution in [2.24, 2.45) is 4.99 Å². The summed E-state index contributed by atoms with van der Waals surface area (Å²) in [5, 5.41) is 0. The lowest BCUT2D eigenvalue weighted by molar-refractivity contribution is 0.0998. The minimum Gasteiger partial charge on any atom is -0.312 e. The van der Waals surface area contributed by atoms with Gasteiger partial charge in [0.05, 0.1) is 10.2 Å². The predicted octanol–water partition coefficient (Wildman–Crippen LogP) is 4.70. The van der Waals surface area contributed by atoms with Crippen molar-refractivity contribution in [2.75, 3.05) is 0 Å². The highest BCUT2D eigenvalue weighted by Gasteiger charge is 2.10. The molecule has 1 heterocycles. The topological polar surface area (TPSA) is 34.4 Å². The smallest absolute Gasteiger partial charge is 0.279 e. The average molecular weight is 387 g/mol. The number of hydrogen-bond acceptors (Lipinski definition) is 2. The van der Waals surface area contributed by atoms with E-state index in [0.29, 0.717) is 16.9 Å². The van der Waals surface area contributed by atoms with Gasteiger partial charge in [-0.3, -0.25) is 4.79 Å². The Kier molecular flexibility index (Phi) is 4.59. The lowest BCUT2D eigenvalue weighted by Gasteiger charge is -2.03. The van der Waals surface area contributed by atoms with E-state index in [9.17, 15) is 4.79 Å². The van der Waals surface area contributed by atoms with Crippen molar-refractivity contribution in [3.05, 3.63) is 75.5 Å². The molecule has 3 aromatic rings. The molecule has 0 aliphatic carbocycles. The molecule has 0 spiro atoms. The van der Waals surface area contributed by atoms with Gasteiger partial charge in [0.15, 0.2) is 4.80 Å². The Morgan fingerprint density at radius 2 is 2.04 bits per heavy atom. The van der Waals surface area contributed by atoms with E-state index in [2.05, 4.69) is 46.6 Å². The molecular formula is C18H15BrN2OS. The van der Waals surface area contributed by atoms with Crippen LogP contribution in [-0.2, 0) is 6.54 Å². The van der Waals surface area contributed by atoms with Crippen LogP contribution in [0.3, 0.4) is 0 Å². The van der Waals surface area contributed by atoms with Crippen molar-refractivity contribution >= 4 is 43.4 Å². The van der Waals surface area contributed by atoms with E-state index in [1.807, 2.05) is 28.8 Å². The monoisotopic (exact) mass is 386 g/mol. The van der Waals surface area contributed by atoms with Crippen LogP contribution in [0.4, 0.5) is 0 Å². The highest BCUT2D eigenvalue weighted by Crippen LogP contribution is 2.21. The fourth-order valence-electron chi connectivity index (χ4n) is 2.43. The van der Waals surface area contributed by atoms with E-state index >= 15 is 0 Å². The van der Waals surface area contributed by atoms with E-state index in [-0.39, 0.29) is 5.91 Å². The highest BCUT2D eigenvalue weighted by atomic mass is 79.9. The third-order valence-electron chi connectivity index (χ3n) is 3.50. The number of thiazole rings is 1. The van der Waals surface area contributed by atoms with Gasteiger partial charge >= 0.3 is 0 Å². The van der Waals surface area contributed by atoms with Crippen LogP contribution in [0.25, 0.3) is 10.2 Å². The molecule has 0 fully saturated rings. The number of nitrogens with zero attached hydrogens (tertiary/aromatic N) is 2. The third-order valence-corrected chi connectivity index (χ3v) is 5.08. The molecule has 0 aliphatic heterocycles. The van der Waals surface area contributed by atoms with Crippen LogP contribution >= 0.6 is 27.3 Å². The number of fused-ring (bicyclic) bond motifs is 1. The van der Waals surface area contributed by atoms with Gasteiger partial charge in [-0.05, 0) is 42.8 Å². The molecule has 0 saturated heterocycles. The van der Waals surface area contributed by atoms with Gasteiger partial charge in [0.2, 0.25) is 0 Å². The first kappa shape index (κ1) is 15.9. The minimum absolute atomic E-state index is 0.237. The molecule has 0 radical (unpaired) electrons. The van der Waals surface area contributed by atoms with Gasteiger partial charge in [-0.15, -0.1) is 6.58 Å². The fraction of sp³-hybridized carbons (Fsp3) is 0.111. The first-order chi connectivity index (χ1) is 11.1. The van der Waals surface area contributed by atoms with Gasteiger partial charge in [-0.2, -0.15) is 4.99 Å². The third kappa shape index (κ3) is 3.21. The van der Waals surface area contributed by atoms with Crippen molar-refractivity contribution in [3.8, 4) is 0 Å². The van der Waals surface area contributed by atoms with Crippen LogP contribution < -0.4 is 4.80 Å². The zero-order valence-electron chi connectivity index (χ0n) is 12.6. The minimum atomic E-state index is -0.237. The van der Waals surface area contributed by atoms with E-state index in [1.54, 1.807) is 12.1 Å². The maximum Gasteiger partial charge on any atom is 0.279 e. The van der Waals surface area contributed by atoms with Crippen molar-refractivity contribution in [1.82, 2.24) is 4.57 Å². The standard InChI is InChI=1S/C18H15BrN2OS/c1-3-11-21-16-12(2)5-4-6-15(16)23-18(21)20-17(22)13-7-9-14(19)10-8-13/h3-10H,1,11H2,2H3. The molecule has 0 N–H and O–H groups in total. The second-order valence-corrected chi connectivity index (χ2v) is 7.05. The average Bonchev–Trinajstić information content (AvgIpc) is 2.87. The Balaban J connectivity index is 2.16. The van der Waals surface area contributed by atoms with Gasteiger partial charge in [0.1, 0.15) is 0 Å². The number of benzene rings is 2. The Bertz CT molecular complexity index is 951. The number of para-hydroxylation sites is 1. The molecule has 0 atom stereocenters. The predicted molar refractivity (Wildman–Crippen MR) is 98.8 cm³/mol. The van der Waals surface area contributed by atoms with Crippen molar-refractivity contribution in [3.63, 3.8) is 0 Å². The summed E-state index contributed by atoms with van der Waals surface area (Å²) in [6, 6.07) is 13.4. The number of amides is 1. The van der Waals surface area contributed by atoms with Crippen molar-refractivity contribution in [1.29, 1.82) is 0 Å². The Hall–Kier alpha value is -1.98. The SMILES string of the molecule is C=CCn1c(=NC(=O)c2ccc(Br)cc2)sc2cccc(C)c21. The summed E-state index contributed by atoms with van der Waals surface area (Å²) in [7, 11) is 0. The first-order valence-corrected chi connectivity index (χ1v) is 8.75. The Morgan fingerprint density at radius 3 is 2.74 bits per heavy atom. The molecule has 0 saturated carbocycles. The summed E-state index contributed by atoms with van der Waals surface area (Å²) < 4.78 is 4.10. The lowest BCUT2D eigenvalue weighted by atomic mass is 10.2. The number of aromatic nitrogens is 1. The summed E-state index contributed by atoms with van der Waals surface area (Å²) in [6.07, 6.45) is 1.82. The quantitative estimate of drug-likeness (QED) is 0.600. The molecule has 5 heteroatoms. The zero-order chi connectivity index (χ0) is 16.4. The molecule has 23 heavy (non-hydrogen) atoms. The number of carbonyl (C=O) groups excluding carboxylic acids is 1. The van der Waals surface area contributed by atoms with Crippen LogP contribution in [0.5, 0.6) is 0 Å². The molecule has 0 unspecified atom stereocenters. The number of allylic oxidation sites excluding steroid dienone is 1. The van der Waals surface area contributed by atoms with E-state index in [0.717, 1.165) is 20.3 Å². The van der Waals surface area contributed by atoms with E-state index in [1.165, 1.54) is 11.3 Å². The van der Waals surface area contributed by atoms with Gasteiger partial charge in [-0.1, -0.05) is 45.5 Å². The van der Waals surface area contributed by atoms with Crippen LogP contribution in [-0.4, -0.2) is 10.5 Å². The summed E-state index contributed by atoms with van der Waals surface area (Å²) in [5.74, 6) is -0.237. The Labute approximate surface area is 146 Å². The molecule has 2 aromatic carbocycles. The molecule has 1 amide bonds.